The summed E-state index contributed by atoms with van der Waals surface area (Å²) < 4.78 is 3.89. The summed E-state index contributed by atoms with van der Waals surface area (Å²) in [6, 6.07) is 9.92. The molecule has 0 radical (unpaired) electrons. The van der Waals surface area contributed by atoms with Gasteiger partial charge in [-0.2, -0.15) is 10.2 Å². The number of likely N-dealkylation sites (N-methyl/N-ethyl adjacent to an activating group) is 1. The maximum absolute atomic E-state index is 6.22. The minimum absolute atomic E-state index is 0.539. The fraction of sp³-hybridized carbons (Fsp3) is 0.333. The molecule has 0 unspecified atom stereocenters. The van der Waals surface area contributed by atoms with Gasteiger partial charge in [-0.1, -0.05) is 23.7 Å². The highest BCUT2D eigenvalue weighted by molar-refractivity contribution is 6.30. The molecule has 33 heavy (non-hydrogen) atoms. The van der Waals surface area contributed by atoms with E-state index in [-0.39, 0.29) is 0 Å². The third-order valence-electron chi connectivity index (χ3n) is 5.89. The second-order valence-corrected chi connectivity index (χ2v) is 9.09. The fourth-order valence-electron chi connectivity index (χ4n) is 4.20. The highest BCUT2D eigenvalue weighted by Gasteiger charge is 2.26. The molecule has 170 valence electrons. The standard InChI is InChI=1S/C24H27ClN8/c1-31(2)11-12-33-10-9-21(30-33)27-24-26-15-17-7-8-19-22(23(17)28-24)20(32(3)29-19)14-16-5-4-6-18(25)13-16/h4-6,9-10,13,15H,7-8,11-12,14H2,1-3H3,(H,26,27,28,30). The van der Waals surface area contributed by atoms with E-state index in [4.69, 9.17) is 21.7 Å². The fourth-order valence-corrected chi connectivity index (χ4v) is 4.41. The van der Waals surface area contributed by atoms with Crippen molar-refractivity contribution in [3.63, 3.8) is 0 Å². The topological polar surface area (TPSA) is 76.7 Å². The van der Waals surface area contributed by atoms with Gasteiger partial charge in [0, 0.05) is 49.1 Å². The van der Waals surface area contributed by atoms with E-state index in [0.717, 1.165) is 77.0 Å². The first kappa shape index (κ1) is 21.6. The molecule has 0 atom stereocenters. The molecule has 1 aromatic carbocycles. The average Bonchev–Trinajstić information content (AvgIpc) is 3.36. The Morgan fingerprint density at radius 2 is 2.03 bits per heavy atom. The van der Waals surface area contributed by atoms with Crippen molar-refractivity contribution in [2.75, 3.05) is 26.0 Å². The van der Waals surface area contributed by atoms with Crippen LogP contribution in [0.4, 0.5) is 11.8 Å². The van der Waals surface area contributed by atoms with Gasteiger partial charge >= 0.3 is 0 Å². The van der Waals surface area contributed by atoms with Crippen LogP contribution in [0, 0.1) is 0 Å². The number of hydrogen-bond acceptors (Lipinski definition) is 6. The molecular formula is C24H27ClN8. The Morgan fingerprint density at radius 3 is 2.85 bits per heavy atom. The molecule has 0 aliphatic heterocycles. The van der Waals surface area contributed by atoms with E-state index in [2.05, 4.69) is 40.5 Å². The summed E-state index contributed by atoms with van der Waals surface area (Å²) in [6.45, 7) is 1.75. The number of aryl methyl sites for hydroxylation is 3. The molecule has 1 N–H and O–H groups in total. The third-order valence-corrected chi connectivity index (χ3v) is 6.12. The summed E-state index contributed by atoms with van der Waals surface area (Å²) in [6.07, 6.45) is 6.40. The van der Waals surface area contributed by atoms with Crippen molar-refractivity contribution in [3.05, 3.63) is 70.3 Å². The average molecular weight is 463 g/mol. The number of rotatable bonds is 7. The highest BCUT2D eigenvalue weighted by Crippen LogP contribution is 2.36. The van der Waals surface area contributed by atoms with Crippen molar-refractivity contribution in [1.29, 1.82) is 0 Å². The van der Waals surface area contributed by atoms with Crippen LogP contribution in [0.2, 0.25) is 5.02 Å². The number of fused-ring (bicyclic) bond motifs is 3. The molecule has 0 saturated heterocycles. The first-order valence-corrected chi connectivity index (χ1v) is 11.4. The molecular weight excluding hydrogens is 436 g/mol. The molecule has 9 heteroatoms. The largest absolute Gasteiger partial charge is 0.308 e. The van der Waals surface area contributed by atoms with Crippen LogP contribution in [0.3, 0.4) is 0 Å². The number of halogens is 1. The maximum Gasteiger partial charge on any atom is 0.228 e. The second kappa shape index (κ2) is 8.96. The van der Waals surface area contributed by atoms with E-state index in [1.54, 1.807) is 0 Å². The number of anilines is 2. The number of nitrogens with one attached hydrogen (secondary N) is 1. The molecule has 0 spiro atoms. The molecule has 3 aromatic heterocycles. The summed E-state index contributed by atoms with van der Waals surface area (Å²) in [7, 11) is 6.10. The smallest absolute Gasteiger partial charge is 0.228 e. The van der Waals surface area contributed by atoms with Gasteiger partial charge in [-0.25, -0.2) is 9.97 Å². The van der Waals surface area contributed by atoms with Gasteiger partial charge in [-0.15, -0.1) is 0 Å². The Kier molecular flexibility index (Phi) is 5.86. The minimum atomic E-state index is 0.539. The SMILES string of the molecule is CN(C)CCn1ccc(Nc2ncc3c(n2)-c2c(nn(C)c2Cc2cccc(Cl)c2)CC3)n1. The number of nitrogens with zero attached hydrogens (tertiary/aromatic N) is 7. The van der Waals surface area contributed by atoms with Crippen LogP contribution in [0.1, 0.15) is 22.5 Å². The lowest BCUT2D eigenvalue weighted by molar-refractivity contribution is 0.373. The lowest BCUT2D eigenvalue weighted by Gasteiger charge is -2.16. The van der Waals surface area contributed by atoms with Crippen LogP contribution in [0.15, 0.2) is 42.7 Å². The number of benzene rings is 1. The van der Waals surface area contributed by atoms with Gasteiger partial charge in [0.25, 0.3) is 0 Å². The molecule has 8 nitrogen and oxygen atoms in total. The van der Waals surface area contributed by atoms with Gasteiger partial charge in [0.2, 0.25) is 5.95 Å². The molecule has 5 rings (SSSR count). The predicted octanol–water partition coefficient (Wildman–Crippen LogP) is 3.72. The first-order valence-electron chi connectivity index (χ1n) is 11.1. The van der Waals surface area contributed by atoms with Gasteiger partial charge in [-0.05, 0) is 50.2 Å². The summed E-state index contributed by atoms with van der Waals surface area (Å²) in [5.41, 5.74) is 6.57. The van der Waals surface area contributed by atoms with Crippen LogP contribution >= 0.6 is 11.6 Å². The Morgan fingerprint density at radius 1 is 1.15 bits per heavy atom. The van der Waals surface area contributed by atoms with E-state index < -0.39 is 0 Å². The zero-order valence-corrected chi connectivity index (χ0v) is 19.8. The number of aromatic nitrogens is 6. The van der Waals surface area contributed by atoms with Crippen LogP contribution in [-0.4, -0.2) is 55.1 Å². The van der Waals surface area contributed by atoms with Gasteiger partial charge < -0.3 is 10.2 Å². The summed E-state index contributed by atoms with van der Waals surface area (Å²) >= 11 is 6.22. The first-order chi connectivity index (χ1) is 16.0. The summed E-state index contributed by atoms with van der Waals surface area (Å²) in [4.78, 5) is 11.6. The Bertz CT molecular complexity index is 1290. The molecule has 0 amide bonds. The summed E-state index contributed by atoms with van der Waals surface area (Å²) in [5.74, 6) is 1.27. The molecule has 0 bridgehead atoms. The third kappa shape index (κ3) is 4.62. The minimum Gasteiger partial charge on any atom is -0.308 e. The monoisotopic (exact) mass is 462 g/mol. The predicted molar refractivity (Wildman–Crippen MR) is 130 cm³/mol. The van der Waals surface area contributed by atoms with Crippen LogP contribution in [0.25, 0.3) is 11.3 Å². The van der Waals surface area contributed by atoms with E-state index in [0.29, 0.717) is 5.95 Å². The second-order valence-electron chi connectivity index (χ2n) is 8.66. The van der Waals surface area contributed by atoms with Crippen LogP contribution in [0.5, 0.6) is 0 Å². The van der Waals surface area contributed by atoms with Crippen LogP contribution in [-0.2, 0) is 32.9 Å². The Hall–Kier alpha value is -3.23. The van der Waals surface area contributed by atoms with E-state index in [9.17, 15) is 0 Å². The van der Waals surface area contributed by atoms with Gasteiger partial charge in [0.15, 0.2) is 5.82 Å². The normalized spacial score (nSPS) is 12.6. The lowest BCUT2D eigenvalue weighted by Crippen LogP contribution is -2.18. The zero-order chi connectivity index (χ0) is 22.9. The van der Waals surface area contributed by atoms with Crippen molar-refractivity contribution >= 4 is 23.4 Å². The molecule has 3 heterocycles. The van der Waals surface area contributed by atoms with Gasteiger partial charge in [0.05, 0.1) is 23.6 Å². The van der Waals surface area contributed by atoms with Gasteiger partial charge in [-0.3, -0.25) is 9.36 Å². The quantitative estimate of drug-likeness (QED) is 0.451. The van der Waals surface area contributed by atoms with E-state index >= 15 is 0 Å². The van der Waals surface area contributed by atoms with Crippen LogP contribution < -0.4 is 5.32 Å². The maximum atomic E-state index is 6.22. The van der Waals surface area contributed by atoms with E-state index in [1.165, 1.54) is 0 Å². The Balaban J connectivity index is 1.44. The van der Waals surface area contributed by atoms with Crippen molar-refractivity contribution in [1.82, 2.24) is 34.4 Å². The van der Waals surface area contributed by atoms with E-state index in [1.807, 2.05) is 53.1 Å². The van der Waals surface area contributed by atoms with Crippen molar-refractivity contribution in [3.8, 4) is 11.3 Å². The molecule has 1 aliphatic rings. The van der Waals surface area contributed by atoms with Gasteiger partial charge in [0.1, 0.15) is 0 Å². The molecule has 4 aromatic rings. The highest BCUT2D eigenvalue weighted by atomic mass is 35.5. The number of hydrogen-bond donors (Lipinski definition) is 1. The lowest BCUT2D eigenvalue weighted by atomic mass is 9.91. The zero-order valence-electron chi connectivity index (χ0n) is 19.1. The molecule has 0 saturated carbocycles. The molecule has 0 fully saturated rings. The molecule has 1 aliphatic carbocycles. The summed E-state index contributed by atoms with van der Waals surface area (Å²) in [5, 5.41) is 13.4. The Labute approximate surface area is 198 Å². The van der Waals surface area contributed by atoms with Crippen molar-refractivity contribution < 1.29 is 0 Å². The van der Waals surface area contributed by atoms with Crippen molar-refractivity contribution in [2.45, 2.75) is 25.8 Å². The van der Waals surface area contributed by atoms with Crippen molar-refractivity contribution in [2.24, 2.45) is 7.05 Å².